The van der Waals surface area contributed by atoms with E-state index in [9.17, 15) is 29.4 Å². The van der Waals surface area contributed by atoms with Gasteiger partial charge in [0.25, 0.3) is 0 Å². The fraction of sp³-hybridized carbons (Fsp3) is 0.571. The molecular weight excluding hydrogens is 884 g/mol. The van der Waals surface area contributed by atoms with Crippen molar-refractivity contribution in [2.45, 2.75) is 90.4 Å². The van der Waals surface area contributed by atoms with Crippen LogP contribution in [0.25, 0.3) is 0 Å². The third kappa shape index (κ3) is 10.1. The molecule has 2 N–H and O–H groups in total. The Balaban J connectivity index is 0.00000372. The van der Waals surface area contributed by atoms with Crippen LogP contribution >= 0.6 is 34.0 Å². The Morgan fingerprint density at radius 3 is 1.17 bits per heavy atom. The fourth-order valence-electron chi connectivity index (χ4n) is 9.64. The first-order valence-electron chi connectivity index (χ1n) is 19.5. The minimum Gasteiger partial charge on any atom is -0.493 e. The van der Waals surface area contributed by atoms with Crippen LogP contribution < -0.4 is 28.4 Å². The van der Waals surface area contributed by atoms with Crippen LogP contribution in [0.2, 0.25) is 0 Å². The van der Waals surface area contributed by atoms with Gasteiger partial charge in [-0.15, -0.1) is 34.0 Å². The standard InChI is InChI=1S/C42H54N2O12.2BrH/c1-7-35(45)55-39-31(51-3)13-25(14-32(39)52-4)21-43-19-23-9-27(17-29(43)11-23)37(41(47)48)38(42(49)50)28-10-24-12-30(18-28)44(20-24)22-26-15-33(53-5)40(34(16-26)54-6)56-36(46)8-2;;/h13-16,23-24,27-30H,7-12,17-22H2,1-6H3,(H,47,48)(H,49,50);2*1H/b38-37+;;. The molecule has 58 heavy (non-hydrogen) atoms. The molecule has 2 aromatic rings. The molecule has 6 atom stereocenters. The lowest BCUT2D eigenvalue weighted by molar-refractivity contribution is -0.137. The number of hydrogen-bond acceptors (Lipinski definition) is 12. The van der Waals surface area contributed by atoms with Crippen molar-refractivity contribution in [3.63, 3.8) is 0 Å². The fourth-order valence-corrected chi connectivity index (χ4v) is 9.64. The summed E-state index contributed by atoms with van der Waals surface area (Å²) in [6.07, 6.45) is 4.54. The Bertz CT molecular complexity index is 1690. The SMILES string of the molecule is Br.Br.CCC(=O)Oc1c(OC)cc(CN2CC3CC(/C(C(=O)O)=C(\C(=O)O)C4CC5CC(C4)N(Cc4cc(OC)c(OC(=O)CC)c(OC)c4)C5)CC2C3)cc1OC. The molecule has 4 aliphatic rings. The average Bonchev–Trinajstić information content (AvgIpc) is 3.63. The van der Waals surface area contributed by atoms with E-state index >= 15 is 0 Å². The van der Waals surface area contributed by atoms with E-state index in [4.69, 9.17) is 28.4 Å². The number of benzene rings is 2. The molecule has 0 aromatic heterocycles. The van der Waals surface area contributed by atoms with E-state index in [1.54, 1.807) is 13.8 Å². The number of likely N-dealkylation sites (tertiary alicyclic amines) is 2. The summed E-state index contributed by atoms with van der Waals surface area (Å²) in [6, 6.07) is 7.47. The summed E-state index contributed by atoms with van der Waals surface area (Å²) in [7, 11) is 6.03. The zero-order valence-corrected chi connectivity index (χ0v) is 37.4. The monoisotopic (exact) mass is 938 g/mol. The Morgan fingerprint density at radius 1 is 0.569 bits per heavy atom. The minimum atomic E-state index is -1.15. The maximum Gasteiger partial charge on any atom is 0.332 e. The first-order valence-corrected chi connectivity index (χ1v) is 19.5. The highest BCUT2D eigenvalue weighted by atomic mass is 79.9. The highest BCUT2D eigenvalue weighted by molar-refractivity contribution is 8.93. The van der Waals surface area contributed by atoms with Crippen LogP contribution in [-0.4, -0.2) is 97.5 Å². The van der Waals surface area contributed by atoms with Crippen LogP contribution in [0.15, 0.2) is 35.4 Å². The molecule has 320 valence electrons. The summed E-state index contributed by atoms with van der Waals surface area (Å²) in [5.74, 6) is -1.44. The van der Waals surface area contributed by atoms with Crippen molar-refractivity contribution < 1.29 is 57.8 Å². The van der Waals surface area contributed by atoms with Gasteiger partial charge in [-0.25, -0.2) is 9.59 Å². The predicted molar refractivity (Wildman–Crippen MR) is 224 cm³/mol. The van der Waals surface area contributed by atoms with E-state index in [1.165, 1.54) is 28.4 Å². The summed E-state index contributed by atoms with van der Waals surface area (Å²) >= 11 is 0. The third-order valence-corrected chi connectivity index (χ3v) is 12.0. The van der Waals surface area contributed by atoms with Crippen LogP contribution in [0.5, 0.6) is 34.5 Å². The largest absolute Gasteiger partial charge is 0.493 e. The summed E-state index contributed by atoms with van der Waals surface area (Å²) in [5.41, 5.74) is 1.91. The van der Waals surface area contributed by atoms with Gasteiger partial charge in [-0.3, -0.25) is 19.4 Å². The lowest BCUT2D eigenvalue weighted by Crippen LogP contribution is -2.35. The molecular formula is C42H56Br2N2O12. The Labute approximate surface area is 360 Å². The van der Waals surface area contributed by atoms with Gasteiger partial charge >= 0.3 is 23.9 Å². The van der Waals surface area contributed by atoms with E-state index < -0.39 is 23.9 Å². The van der Waals surface area contributed by atoms with E-state index in [1.807, 2.05) is 24.3 Å². The zero-order valence-electron chi connectivity index (χ0n) is 33.9. The molecule has 2 heterocycles. The summed E-state index contributed by atoms with van der Waals surface area (Å²) < 4.78 is 33.3. The van der Waals surface area contributed by atoms with Gasteiger partial charge in [0.15, 0.2) is 23.0 Å². The van der Waals surface area contributed by atoms with Gasteiger partial charge in [0.05, 0.1) is 39.6 Å². The second kappa shape index (κ2) is 20.4. The Morgan fingerprint density at radius 2 is 0.897 bits per heavy atom. The number of methoxy groups -OCH3 is 4. The van der Waals surface area contributed by atoms with Crippen LogP contribution in [0, 0.1) is 23.7 Å². The van der Waals surface area contributed by atoms with Gasteiger partial charge in [0.2, 0.25) is 11.5 Å². The summed E-state index contributed by atoms with van der Waals surface area (Å²) in [4.78, 5) is 55.1. The van der Waals surface area contributed by atoms with Crippen molar-refractivity contribution in [1.82, 2.24) is 9.80 Å². The lowest BCUT2D eigenvalue weighted by Gasteiger charge is -2.34. The van der Waals surface area contributed by atoms with Gasteiger partial charge in [-0.1, -0.05) is 13.8 Å². The summed E-state index contributed by atoms with van der Waals surface area (Å²) in [6.45, 7) is 6.03. The summed E-state index contributed by atoms with van der Waals surface area (Å²) in [5, 5.41) is 21.4. The lowest BCUT2D eigenvalue weighted by atomic mass is 9.71. The number of carboxylic acid groups (broad SMARTS) is 2. The van der Waals surface area contributed by atoms with Gasteiger partial charge in [0, 0.05) is 51.1 Å². The molecule has 4 fully saturated rings. The number of aliphatic carboxylic acids is 2. The molecule has 2 aromatic carbocycles. The number of rotatable bonds is 16. The Kier molecular flexibility index (Phi) is 16.5. The van der Waals surface area contributed by atoms with Crippen molar-refractivity contribution in [3.8, 4) is 34.5 Å². The second-order valence-corrected chi connectivity index (χ2v) is 15.5. The molecule has 0 radical (unpaired) electrons. The first-order chi connectivity index (χ1) is 26.9. The molecule has 2 aliphatic heterocycles. The quantitative estimate of drug-likeness (QED) is 0.102. The van der Waals surface area contributed by atoms with Crippen LogP contribution in [0.1, 0.15) is 76.3 Å². The van der Waals surface area contributed by atoms with Crippen LogP contribution in [0.3, 0.4) is 0 Å². The molecule has 16 heteroatoms. The maximum atomic E-state index is 13.1. The van der Waals surface area contributed by atoms with Gasteiger partial charge in [0.1, 0.15) is 0 Å². The first kappa shape index (κ1) is 46.8. The number of nitrogens with zero attached hydrogens (tertiary/aromatic N) is 2. The van der Waals surface area contributed by atoms with Crippen LogP contribution in [-0.2, 0) is 32.3 Å². The van der Waals surface area contributed by atoms with Crippen LogP contribution in [0.4, 0.5) is 0 Å². The number of halogens is 2. The molecule has 0 amide bonds. The smallest absolute Gasteiger partial charge is 0.332 e. The molecule has 6 rings (SSSR count). The zero-order chi connectivity index (χ0) is 40.3. The number of carboxylic acids is 2. The molecule has 2 saturated heterocycles. The molecule has 2 aliphatic carbocycles. The molecule has 2 saturated carbocycles. The van der Waals surface area contributed by atoms with Crippen molar-refractivity contribution in [2.24, 2.45) is 23.7 Å². The Hall–Kier alpha value is -3.86. The number of fused-ring (bicyclic) bond motifs is 4. The number of carbonyl (C=O) groups excluding carboxylic acids is 2. The predicted octanol–water partition coefficient (Wildman–Crippen LogP) is 6.87. The maximum absolute atomic E-state index is 13.1. The highest BCUT2D eigenvalue weighted by Gasteiger charge is 2.47. The van der Waals surface area contributed by atoms with Crippen molar-refractivity contribution in [1.29, 1.82) is 0 Å². The van der Waals surface area contributed by atoms with Gasteiger partial charge < -0.3 is 38.6 Å². The van der Waals surface area contributed by atoms with Crippen molar-refractivity contribution in [2.75, 3.05) is 41.5 Å². The van der Waals surface area contributed by atoms with E-state index in [0.717, 1.165) is 37.1 Å². The normalized spacial score (nSPS) is 24.0. The molecule has 0 spiro atoms. The molecule has 6 unspecified atom stereocenters. The molecule has 14 nitrogen and oxygen atoms in total. The number of esters is 2. The number of carbonyl (C=O) groups is 4. The van der Waals surface area contributed by atoms with Gasteiger partial charge in [-0.2, -0.15) is 0 Å². The van der Waals surface area contributed by atoms with E-state index in [-0.39, 0.29) is 105 Å². The van der Waals surface area contributed by atoms with E-state index in [2.05, 4.69) is 9.80 Å². The third-order valence-electron chi connectivity index (χ3n) is 12.0. The van der Waals surface area contributed by atoms with Crippen molar-refractivity contribution >= 4 is 57.8 Å². The number of ether oxygens (including phenoxy) is 6. The highest BCUT2D eigenvalue weighted by Crippen LogP contribution is 2.48. The van der Waals surface area contributed by atoms with Gasteiger partial charge in [-0.05, 0) is 97.6 Å². The van der Waals surface area contributed by atoms with Crippen molar-refractivity contribution in [3.05, 3.63) is 46.5 Å². The van der Waals surface area contributed by atoms with E-state index in [0.29, 0.717) is 61.8 Å². The number of hydrogen-bond donors (Lipinski definition) is 2. The molecule has 4 bridgehead atoms. The second-order valence-electron chi connectivity index (χ2n) is 15.5. The average molecular weight is 941 g/mol. The minimum absolute atomic E-state index is 0. The topological polar surface area (TPSA) is 171 Å².